The van der Waals surface area contributed by atoms with Gasteiger partial charge in [0.15, 0.2) is 0 Å². The molecule has 120 valence electrons. The summed E-state index contributed by atoms with van der Waals surface area (Å²) in [5.41, 5.74) is 2.99. The van der Waals surface area contributed by atoms with Gasteiger partial charge < -0.3 is 0 Å². The fraction of sp³-hybridized carbons (Fsp3) is 0.333. The minimum absolute atomic E-state index is 0.146. The van der Waals surface area contributed by atoms with Gasteiger partial charge in [-0.2, -0.15) is 9.78 Å². The van der Waals surface area contributed by atoms with Crippen LogP contribution in [0.1, 0.15) is 40.5 Å². The van der Waals surface area contributed by atoms with Crippen LogP contribution in [0.5, 0.6) is 0 Å². The molecular formula is C18H19ClN2OS. The monoisotopic (exact) mass is 346 g/mol. The number of rotatable bonds is 3. The Balaban J connectivity index is 2.08. The van der Waals surface area contributed by atoms with Gasteiger partial charge in [-0.1, -0.05) is 43.6 Å². The van der Waals surface area contributed by atoms with Crippen molar-refractivity contribution in [1.29, 1.82) is 0 Å². The molecule has 0 amide bonds. The first-order valence-corrected chi connectivity index (χ1v) is 8.86. The molecule has 2 aromatic heterocycles. The molecule has 1 aromatic carbocycles. The first-order chi connectivity index (χ1) is 10.9. The molecule has 0 saturated heterocycles. The lowest BCUT2D eigenvalue weighted by atomic mass is 10.0. The number of nitrogens with zero attached hydrogens (tertiary/aromatic N) is 2. The summed E-state index contributed by atoms with van der Waals surface area (Å²) in [7, 11) is 0. The summed E-state index contributed by atoms with van der Waals surface area (Å²) in [6.45, 7) is 8.25. The van der Waals surface area contributed by atoms with E-state index < -0.39 is 0 Å². The van der Waals surface area contributed by atoms with Crippen molar-refractivity contribution in [3.63, 3.8) is 0 Å². The van der Waals surface area contributed by atoms with E-state index in [-0.39, 0.29) is 5.91 Å². The van der Waals surface area contributed by atoms with Crippen molar-refractivity contribution in [2.45, 2.75) is 34.1 Å². The molecule has 5 heteroatoms. The largest absolute Gasteiger partial charge is 0.290 e. The maximum Gasteiger partial charge on any atom is 0.290 e. The maximum atomic E-state index is 12.9. The van der Waals surface area contributed by atoms with Gasteiger partial charge >= 0.3 is 0 Å². The third-order valence-electron chi connectivity index (χ3n) is 3.98. The van der Waals surface area contributed by atoms with Crippen LogP contribution in [0.15, 0.2) is 24.3 Å². The lowest BCUT2D eigenvalue weighted by Gasteiger charge is -2.06. The number of carbonyl (C=O) groups is 1. The Bertz CT molecular complexity index is 892. The Hall–Kier alpha value is -1.65. The lowest BCUT2D eigenvalue weighted by molar-refractivity contribution is 0.0946. The van der Waals surface area contributed by atoms with E-state index >= 15 is 0 Å². The van der Waals surface area contributed by atoms with Crippen LogP contribution in [0.2, 0.25) is 5.02 Å². The molecule has 0 aliphatic carbocycles. The van der Waals surface area contributed by atoms with Gasteiger partial charge in [-0.25, -0.2) is 0 Å². The van der Waals surface area contributed by atoms with Crippen molar-refractivity contribution < 1.29 is 4.79 Å². The van der Waals surface area contributed by atoms with Crippen LogP contribution in [-0.4, -0.2) is 15.7 Å². The molecule has 0 N–H and O–H groups in total. The highest BCUT2D eigenvalue weighted by atomic mass is 35.5. The van der Waals surface area contributed by atoms with Gasteiger partial charge in [-0.05, 0) is 37.8 Å². The lowest BCUT2D eigenvalue weighted by Crippen LogP contribution is -2.14. The Labute approximate surface area is 144 Å². The van der Waals surface area contributed by atoms with Crippen molar-refractivity contribution in [3.05, 3.63) is 51.1 Å². The van der Waals surface area contributed by atoms with Gasteiger partial charge in [0.25, 0.3) is 5.91 Å². The molecule has 0 radical (unpaired) electrons. The summed E-state index contributed by atoms with van der Waals surface area (Å²) in [5.74, 6) is 0.375. The van der Waals surface area contributed by atoms with Crippen LogP contribution >= 0.6 is 22.9 Å². The zero-order chi connectivity index (χ0) is 16.7. The molecule has 0 unspecified atom stereocenters. The highest BCUT2D eigenvalue weighted by Crippen LogP contribution is 2.36. The SMILES string of the molecule is Cc1nn(C(=O)c2sc3ccccc3c2Cl)c(C)c1CC(C)C. The van der Waals surface area contributed by atoms with Gasteiger partial charge in [0.2, 0.25) is 0 Å². The normalized spacial score (nSPS) is 11.6. The molecule has 0 aliphatic heterocycles. The molecule has 0 fully saturated rings. The van der Waals surface area contributed by atoms with E-state index in [1.165, 1.54) is 16.0 Å². The molecule has 0 atom stereocenters. The highest BCUT2D eigenvalue weighted by Gasteiger charge is 2.23. The molecule has 0 aliphatic rings. The smallest absolute Gasteiger partial charge is 0.266 e. The van der Waals surface area contributed by atoms with Crippen LogP contribution in [0, 0.1) is 19.8 Å². The number of carbonyl (C=O) groups excluding carboxylic acids is 1. The summed E-state index contributed by atoms with van der Waals surface area (Å²) in [6.07, 6.45) is 0.922. The van der Waals surface area contributed by atoms with E-state index in [1.54, 1.807) is 0 Å². The summed E-state index contributed by atoms with van der Waals surface area (Å²) in [4.78, 5) is 13.5. The highest BCUT2D eigenvalue weighted by molar-refractivity contribution is 7.21. The number of aryl methyl sites for hydroxylation is 1. The number of hydrogen-bond acceptors (Lipinski definition) is 3. The summed E-state index contributed by atoms with van der Waals surface area (Å²) in [5, 5.41) is 5.91. The standard InChI is InChI=1S/C18H19ClN2OS/c1-10(2)9-14-11(3)20-21(12(14)4)18(22)17-16(19)13-7-5-6-8-15(13)23-17/h5-8,10H,9H2,1-4H3. The number of fused-ring (bicyclic) bond motifs is 1. The first kappa shape index (κ1) is 16.2. The molecule has 0 spiro atoms. The predicted octanol–water partition coefficient (Wildman–Crippen LogP) is 5.26. The second-order valence-corrected chi connectivity index (χ2v) is 7.64. The molecule has 3 aromatic rings. The second-order valence-electron chi connectivity index (χ2n) is 6.21. The van der Waals surface area contributed by atoms with E-state index in [4.69, 9.17) is 11.6 Å². The minimum atomic E-state index is -0.146. The second kappa shape index (κ2) is 6.10. The van der Waals surface area contributed by atoms with Crippen LogP contribution in [0.25, 0.3) is 10.1 Å². The van der Waals surface area contributed by atoms with E-state index in [9.17, 15) is 4.79 Å². The average molecular weight is 347 g/mol. The number of thiophene rings is 1. The van der Waals surface area contributed by atoms with E-state index in [0.29, 0.717) is 15.8 Å². The zero-order valence-electron chi connectivity index (χ0n) is 13.7. The number of hydrogen-bond donors (Lipinski definition) is 0. The molecule has 23 heavy (non-hydrogen) atoms. The van der Waals surface area contributed by atoms with E-state index in [1.807, 2.05) is 38.1 Å². The molecule has 0 bridgehead atoms. The Morgan fingerprint density at radius 3 is 2.65 bits per heavy atom. The van der Waals surface area contributed by atoms with E-state index in [2.05, 4.69) is 18.9 Å². The summed E-state index contributed by atoms with van der Waals surface area (Å²) in [6, 6.07) is 7.80. The molecule has 3 rings (SSSR count). The Kier molecular flexibility index (Phi) is 4.30. The minimum Gasteiger partial charge on any atom is -0.266 e. The van der Waals surface area contributed by atoms with Crippen molar-refractivity contribution in [2.75, 3.05) is 0 Å². The Morgan fingerprint density at radius 2 is 2.00 bits per heavy atom. The predicted molar refractivity (Wildman–Crippen MR) is 96.8 cm³/mol. The summed E-state index contributed by atoms with van der Waals surface area (Å²) >= 11 is 7.86. The molecule has 3 nitrogen and oxygen atoms in total. The van der Waals surface area contributed by atoms with Crippen LogP contribution in [0.3, 0.4) is 0 Å². The topological polar surface area (TPSA) is 34.9 Å². The van der Waals surface area contributed by atoms with Crippen LogP contribution < -0.4 is 0 Å². The first-order valence-electron chi connectivity index (χ1n) is 7.67. The van der Waals surface area contributed by atoms with Crippen LogP contribution in [0.4, 0.5) is 0 Å². The van der Waals surface area contributed by atoms with Crippen molar-refractivity contribution in [3.8, 4) is 0 Å². The number of benzene rings is 1. The Morgan fingerprint density at radius 1 is 1.30 bits per heavy atom. The van der Waals surface area contributed by atoms with Gasteiger partial charge in [0.1, 0.15) is 4.88 Å². The third kappa shape index (κ3) is 2.81. The van der Waals surface area contributed by atoms with Gasteiger partial charge in [-0.15, -0.1) is 11.3 Å². The van der Waals surface area contributed by atoms with Crippen molar-refractivity contribution in [1.82, 2.24) is 9.78 Å². The maximum absolute atomic E-state index is 12.9. The summed E-state index contributed by atoms with van der Waals surface area (Å²) < 4.78 is 2.52. The molecular weight excluding hydrogens is 328 g/mol. The van der Waals surface area contributed by atoms with E-state index in [0.717, 1.165) is 33.5 Å². The zero-order valence-corrected chi connectivity index (χ0v) is 15.3. The van der Waals surface area contributed by atoms with Gasteiger partial charge in [0, 0.05) is 15.8 Å². The third-order valence-corrected chi connectivity index (χ3v) is 5.64. The molecule has 0 saturated carbocycles. The van der Waals surface area contributed by atoms with Gasteiger partial charge in [-0.3, -0.25) is 4.79 Å². The number of halogens is 1. The molecule has 2 heterocycles. The average Bonchev–Trinajstić information content (AvgIpc) is 2.99. The van der Waals surface area contributed by atoms with Crippen LogP contribution in [-0.2, 0) is 6.42 Å². The number of aromatic nitrogens is 2. The van der Waals surface area contributed by atoms with Crippen molar-refractivity contribution >= 4 is 38.9 Å². The quantitative estimate of drug-likeness (QED) is 0.648. The van der Waals surface area contributed by atoms with Crippen molar-refractivity contribution in [2.24, 2.45) is 5.92 Å². The van der Waals surface area contributed by atoms with Gasteiger partial charge in [0.05, 0.1) is 10.7 Å². The fourth-order valence-corrected chi connectivity index (χ4v) is 4.26. The fourth-order valence-electron chi connectivity index (χ4n) is 2.82.